The van der Waals surface area contributed by atoms with Crippen LogP contribution in [-0.4, -0.2) is 17.4 Å². The molecule has 0 N–H and O–H groups in total. The lowest BCUT2D eigenvalue weighted by Crippen LogP contribution is -2.33. The number of alkyl halides is 3. The van der Waals surface area contributed by atoms with Crippen LogP contribution in [0.4, 0.5) is 18.9 Å². The van der Waals surface area contributed by atoms with Crippen LogP contribution in [0.25, 0.3) is 0 Å². The normalized spacial score (nSPS) is 11.4. The predicted octanol–water partition coefficient (Wildman–Crippen LogP) is 4.64. The van der Waals surface area contributed by atoms with Crippen molar-refractivity contribution in [2.24, 2.45) is 0 Å². The Morgan fingerprint density at radius 1 is 1.21 bits per heavy atom. The number of carbonyl (C=O) groups excluding carboxylic acids is 1. The highest BCUT2D eigenvalue weighted by Gasteiger charge is 2.36. The molecule has 0 bridgehead atoms. The number of aromatic nitrogens is 1. The number of hydrogen-bond donors (Lipinski definition) is 0. The summed E-state index contributed by atoms with van der Waals surface area (Å²) >= 11 is 0. The Morgan fingerprint density at radius 3 is 2.50 bits per heavy atom. The van der Waals surface area contributed by atoms with Crippen LogP contribution in [0.5, 0.6) is 0 Å². The molecule has 0 aliphatic carbocycles. The first-order valence-corrected chi connectivity index (χ1v) is 7.72. The summed E-state index contributed by atoms with van der Waals surface area (Å²) in [5.74, 6) is -0.693. The summed E-state index contributed by atoms with van der Waals surface area (Å²) in [7, 11) is 0. The van der Waals surface area contributed by atoms with Crippen molar-refractivity contribution in [3.8, 4) is 0 Å². The smallest absolute Gasteiger partial charge is 0.308 e. The number of benzene rings is 1. The summed E-state index contributed by atoms with van der Waals surface area (Å²) in [5, 5.41) is 0. The molecular formula is C18H19F3N2O. The van der Waals surface area contributed by atoms with Crippen molar-refractivity contribution in [3.05, 3.63) is 58.9 Å². The van der Waals surface area contributed by atoms with Gasteiger partial charge in [-0.2, -0.15) is 13.2 Å². The Balaban J connectivity index is 2.57. The van der Waals surface area contributed by atoms with Gasteiger partial charge in [0.1, 0.15) is 0 Å². The van der Waals surface area contributed by atoms with E-state index in [-0.39, 0.29) is 6.54 Å². The predicted molar refractivity (Wildman–Crippen MR) is 87.1 cm³/mol. The topological polar surface area (TPSA) is 33.2 Å². The molecule has 1 aromatic heterocycles. The first kappa shape index (κ1) is 18.0. The summed E-state index contributed by atoms with van der Waals surface area (Å²) in [6.45, 7) is 5.80. The van der Waals surface area contributed by atoms with Gasteiger partial charge in [-0.15, -0.1) is 0 Å². The highest BCUT2D eigenvalue weighted by molar-refractivity contribution is 6.07. The van der Waals surface area contributed by atoms with Crippen molar-refractivity contribution in [1.29, 1.82) is 0 Å². The Labute approximate surface area is 139 Å². The summed E-state index contributed by atoms with van der Waals surface area (Å²) < 4.78 is 39.6. The van der Waals surface area contributed by atoms with Crippen LogP contribution < -0.4 is 4.90 Å². The van der Waals surface area contributed by atoms with E-state index >= 15 is 0 Å². The number of anilines is 1. The van der Waals surface area contributed by atoms with Crippen molar-refractivity contribution in [2.45, 2.75) is 33.4 Å². The third-order valence-corrected chi connectivity index (χ3v) is 3.89. The number of aryl methyl sites for hydroxylation is 2. The molecule has 1 heterocycles. The summed E-state index contributed by atoms with van der Waals surface area (Å²) in [5.41, 5.74) is 1.04. The molecule has 24 heavy (non-hydrogen) atoms. The molecule has 128 valence electrons. The molecule has 0 saturated heterocycles. The molecular weight excluding hydrogens is 317 g/mol. The minimum absolute atomic E-state index is 0.267. The van der Waals surface area contributed by atoms with Crippen LogP contribution in [-0.2, 0) is 12.6 Å². The van der Waals surface area contributed by atoms with Gasteiger partial charge in [-0.05, 0) is 37.5 Å². The van der Waals surface area contributed by atoms with Crippen LogP contribution in [0, 0.1) is 6.92 Å². The van der Waals surface area contributed by atoms with Crippen LogP contribution in [0.1, 0.15) is 40.9 Å². The van der Waals surface area contributed by atoms with E-state index in [0.29, 0.717) is 12.1 Å². The monoisotopic (exact) mass is 336 g/mol. The molecule has 0 saturated carbocycles. The van der Waals surface area contributed by atoms with E-state index in [4.69, 9.17) is 0 Å². The van der Waals surface area contributed by atoms with E-state index in [1.54, 1.807) is 6.92 Å². The van der Waals surface area contributed by atoms with E-state index < -0.39 is 23.2 Å². The number of hydrogen-bond acceptors (Lipinski definition) is 2. The van der Waals surface area contributed by atoms with Crippen molar-refractivity contribution in [1.82, 2.24) is 4.98 Å². The van der Waals surface area contributed by atoms with Gasteiger partial charge in [0.05, 0.1) is 16.8 Å². The van der Waals surface area contributed by atoms with Gasteiger partial charge < -0.3 is 4.90 Å². The summed E-state index contributed by atoms with van der Waals surface area (Å²) in [4.78, 5) is 17.9. The van der Waals surface area contributed by atoms with Gasteiger partial charge in [-0.25, -0.2) is 0 Å². The van der Waals surface area contributed by atoms with Gasteiger partial charge in [0, 0.05) is 18.9 Å². The molecule has 3 nitrogen and oxygen atoms in total. The minimum Gasteiger partial charge on any atom is -0.308 e. The molecule has 0 fully saturated rings. The van der Waals surface area contributed by atoms with Gasteiger partial charge in [0.2, 0.25) is 0 Å². The van der Waals surface area contributed by atoms with Crippen molar-refractivity contribution in [2.75, 3.05) is 11.4 Å². The largest absolute Gasteiger partial charge is 0.417 e. The molecule has 0 unspecified atom stereocenters. The van der Waals surface area contributed by atoms with Gasteiger partial charge in [-0.1, -0.05) is 25.1 Å². The van der Waals surface area contributed by atoms with E-state index in [1.165, 1.54) is 4.90 Å². The van der Waals surface area contributed by atoms with Gasteiger partial charge in [0.15, 0.2) is 0 Å². The molecule has 2 rings (SSSR count). The zero-order valence-corrected chi connectivity index (χ0v) is 13.8. The quantitative estimate of drug-likeness (QED) is 0.815. The van der Waals surface area contributed by atoms with Gasteiger partial charge in [0.25, 0.3) is 5.91 Å². The molecule has 6 heteroatoms. The maximum absolute atomic E-state index is 13.2. The standard InChI is InChI=1S/C18H19F3N2O/c1-4-13-8-6-7-12(3)16(13)23(5-2)17(24)14-11-22-10-9-15(14)18(19,20)21/h6-11H,4-5H2,1-3H3. The number of rotatable bonds is 4. The van der Waals surface area contributed by atoms with Crippen LogP contribution in [0.3, 0.4) is 0 Å². The van der Waals surface area contributed by atoms with E-state index in [0.717, 1.165) is 29.6 Å². The first-order chi connectivity index (χ1) is 11.3. The highest BCUT2D eigenvalue weighted by atomic mass is 19.4. The van der Waals surface area contributed by atoms with Crippen molar-refractivity contribution < 1.29 is 18.0 Å². The number of pyridine rings is 1. The Kier molecular flexibility index (Phi) is 5.26. The second-order valence-electron chi connectivity index (χ2n) is 5.40. The van der Waals surface area contributed by atoms with Crippen LogP contribution in [0.15, 0.2) is 36.7 Å². The van der Waals surface area contributed by atoms with Crippen LogP contribution in [0.2, 0.25) is 0 Å². The molecule has 2 aromatic rings. The second kappa shape index (κ2) is 7.03. The fraction of sp³-hybridized carbons (Fsp3) is 0.333. The van der Waals surface area contributed by atoms with E-state index in [1.807, 2.05) is 32.0 Å². The molecule has 0 atom stereocenters. The maximum Gasteiger partial charge on any atom is 0.417 e. The Bertz CT molecular complexity index is 741. The number of halogens is 3. The zero-order chi connectivity index (χ0) is 17.9. The lowest BCUT2D eigenvalue weighted by Gasteiger charge is -2.26. The van der Waals surface area contributed by atoms with E-state index in [2.05, 4.69) is 4.98 Å². The molecule has 0 radical (unpaired) electrons. The average molecular weight is 336 g/mol. The Hall–Kier alpha value is -2.37. The third-order valence-electron chi connectivity index (χ3n) is 3.89. The summed E-state index contributed by atoms with van der Waals surface area (Å²) in [6.07, 6.45) is -1.90. The highest BCUT2D eigenvalue weighted by Crippen LogP contribution is 2.33. The summed E-state index contributed by atoms with van der Waals surface area (Å²) in [6, 6.07) is 6.44. The maximum atomic E-state index is 13.2. The van der Waals surface area contributed by atoms with Gasteiger partial charge in [-0.3, -0.25) is 9.78 Å². The Morgan fingerprint density at radius 2 is 1.92 bits per heavy atom. The minimum atomic E-state index is -4.60. The number of para-hydroxylation sites is 1. The SMILES string of the molecule is CCc1cccc(C)c1N(CC)C(=O)c1cnccc1C(F)(F)F. The fourth-order valence-corrected chi connectivity index (χ4v) is 2.75. The average Bonchev–Trinajstić information content (AvgIpc) is 2.55. The molecule has 0 aliphatic rings. The van der Waals surface area contributed by atoms with Crippen LogP contribution >= 0.6 is 0 Å². The molecule has 0 spiro atoms. The number of amides is 1. The number of carbonyl (C=O) groups is 1. The molecule has 0 aliphatic heterocycles. The molecule has 1 amide bonds. The zero-order valence-electron chi connectivity index (χ0n) is 13.8. The lowest BCUT2D eigenvalue weighted by atomic mass is 10.0. The van der Waals surface area contributed by atoms with Crippen molar-refractivity contribution in [3.63, 3.8) is 0 Å². The van der Waals surface area contributed by atoms with Crippen molar-refractivity contribution >= 4 is 11.6 Å². The van der Waals surface area contributed by atoms with E-state index in [9.17, 15) is 18.0 Å². The third kappa shape index (κ3) is 3.42. The lowest BCUT2D eigenvalue weighted by molar-refractivity contribution is -0.138. The molecule has 1 aromatic carbocycles. The second-order valence-corrected chi connectivity index (χ2v) is 5.40. The number of nitrogens with zero attached hydrogens (tertiary/aromatic N) is 2. The van der Waals surface area contributed by atoms with Gasteiger partial charge >= 0.3 is 6.18 Å². The first-order valence-electron chi connectivity index (χ1n) is 7.72. The fourth-order valence-electron chi connectivity index (χ4n) is 2.75.